The van der Waals surface area contributed by atoms with Crippen LogP contribution in [0.15, 0.2) is 59.0 Å². The summed E-state index contributed by atoms with van der Waals surface area (Å²) in [7, 11) is 0. The fourth-order valence-electron chi connectivity index (χ4n) is 2.50. The molecule has 32 heavy (non-hydrogen) atoms. The van der Waals surface area contributed by atoms with Crippen molar-refractivity contribution in [3.05, 3.63) is 70.7 Å². The normalized spacial score (nSPS) is 11.2. The van der Waals surface area contributed by atoms with E-state index in [0.29, 0.717) is 16.6 Å². The number of carbonyl (C=O) groups is 1. The third-order valence-electron chi connectivity index (χ3n) is 3.94. The highest BCUT2D eigenvalue weighted by molar-refractivity contribution is 7.13. The van der Waals surface area contributed by atoms with E-state index in [1.165, 1.54) is 29.7 Å². The number of halogens is 3. The Labute approximate surface area is 186 Å². The van der Waals surface area contributed by atoms with Crippen LogP contribution in [0.25, 0.3) is 0 Å². The molecular weight excluding hydrogens is 441 g/mol. The Bertz CT molecular complexity index is 1140. The van der Waals surface area contributed by atoms with Crippen LogP contribution < -0.4 is 15.5 Å². The molecule has 0 aliphatic carbocycles. The van der Waals surface area contributed by atoms with Gasteiger partial charge in [-0.25, -0.2) is 10.4 Å². The maximum atomic E-state index is 12.8. The number of carbonyl (C=O) groups excluding carboxylic acids is 1. The zero-order valence-electron chi connectivity index (χ0n) is 16.5. The molecule has 0 aliphatic heterocycles. The number of ether oxygens (including phenoxy) is 1. The highest BCUT2D eigenvalue weighted by Gasteiger charge is 2.30. The Morgan fingerprint density at radius 1 is 1.25 bits per heavy atom. The molecule has 164 valence electrons. The van der Waals surface area contributed by atoms with Crippen LogP contribution in [0.4, 0.5) is 24.0 Å². The number of terminal acetylenes is 1. The Kier molecular flexibility index (Phi) is 7.46. The van der Waals surface area contributed by atoms with Crippen molar-refractivity contribution in [2.45, 2.75) is 12.6 Å². The SMILES string of the molecule is C#CCOc1ccc(/C=N\NC(=O)Cc2csc(Nc3cccc(C(F)(F)F)c3)n2)cc1. The summed E-state index contributed by atoms with van der Waals surface area (Å²) < 4.78 is 43.7. The molecule has 0 bridgehead atoms. The van der Waals surface area contributed by atoms with Crippen LogP contribution in [0.5, 0.6) is 5.75 Å². The fraction of sp³-hybridized carbons (Fsp3) is 0.136. The number of benzene rings is 2. The number of hydrogen-bond donors (Lipinski definition) is 2. The molecule has 1 amide bonds. The minimum atomic E-state index is -4.43. The minimum absolute atomic E-state index is 0.0308. The summed E-state index contributed by atoms with van der Waals surface area (Å²) in [5.41, 5.74) is 3.12. The fourth-order valence-corrected chi connectivity index (χ4v) is 3.23. The van der Waals surface area contributed by atoms with E-state index in [2.05, 4.69) is 26.7 Å². The first-order valence-corrected chi connectivity index (χ1v) is 10.1. The summed E-state index contributed by atoms with van der Waals surface area (Å²) in [5.74, 6) is 2.62. The van der Waals surface area contributed by atoms with Gasteiger partial charge in [0.1, 0.15) is 12.4 Å². The molecule has 2 N–H and O–H groups in total. The average Bonchev–Trinajstić information content (AvgIpc) is 3.19. The lowest BCUT2D eigenvalue weighted by molar-refractivity contribution is -0.137. The lowest BCUT2D eigenvalue weighted by Crippen LogP contribution is -2.19. The molecule has 6 nitrogen and oxygen atoms in total. The first-order valence-electron chi connectivity index (χ1n) is 9.20. The maximum Gasteiger partial charge on any atom is 0.416 e. The van der Waals surface area contributed by atoms with Crippen LogP contribution in [-0.4, -0.2) is 23.7 Å². The molecule has 0 radical (unpaired) electrons. The molecule has 0 atom stereocenters. The van der Waals surface area contributed by atoms with Gasteiger partial charge < -0.3 is 10.1 Å². The molecule has 3 aromatic rings. The number of anilines is 2. The molecule has 0 spiro atoms. The van der Waals surface area contributed by atoms with Crippen molar-refractivity contribution in [2.24, 2.45) is 5.10 Å². The summed E-state index contributed by atoms with van der Waals surface area (Å²) in [6.45, 7) is 0.178. The summed E-state index contributed by atoms with van der Waals surface area (Å²) in [5, 5.41) is 8.73. The number of aromatic nitrogens is 1. The number of thiazole rings is 1. The molecular formula is C22H17F3N4O2S. The molecule has 2 aromatic carbocycles. The van der Waals surface area contributed by atoms with Crippen molar-refractivity contribution in [3.8, 4) is 18.1 Å². The standard InChI is InChI=1S/C22H17F3N4O2S/c1-2-10-31-19-8-6-15(7-9-19)13-26-29-20(30)12-18-14-32-21(28-18)27-17-5-3-4-16(11-17)22(23,24)25/h1,3-9,11,13-14H,10,12H2,(H,27,28)(H,29,30)/b26-13-. The van der Waals surface area contributed by atoms with Crippen molar-refractivity contribution in [3.63, 3.8) is 0 Å². The second-order valence-corrected chi connectivity index (χ2v) is 7.24. The smallest absolute Gasteiger partial charge is 0.416 e. The Morgan fingerprint density at radius 2 is 2.03 bits per heavy atom. The predicted octanol–water partition coefficient (Wildman–Crippen LogP) is 4.61. The van der Waals surface area contributed by atoms with Crippen LogP contribution in [-0.2, 0) is 17.4 Å². The van der Waals surface area contributed by atoms with Crippen LogP contribution in [0.3, 0.4) is 0 Å². The Morgan fingerprint density at radius 3 is 2.75 bits per heavy atom. The number of nitrogens with zero attached hydrogens (tertiary/aromatic N) is 2. The van der Waals surface area contributed by atoms with E-state index < -0.39 is 11.7 Å². The summed E-state index contributed by atoms with van der Waals surface area (Å²) in [6.07, 6.45) is 2.15. The van der Waals surface area contributed by atoms with Gasteiger partial charge in [0.25, 0.3) is 0 Å². The van der Waals surface area contributed by atoms with Gasteiger partial charge >= 0.3 is 6.18 Å². The molecule has 1 aromatic heterocycles. The van der Waals surface area contributed by atoms with Crippen molar-refractivity contribution < 1.29 is 22.7 Å². The van der Waals surface area contributed by atoms with E-state index in [1.54, 1.807) is 29.6 Å². The quantitative estimate of drug-likeness (QED) is 0.294. The summed E-state index contributed by atoms with van der Waals surface area (Å²) in [4.78, 5) is 16.3. The van der Waals surface area contributed by atoms with E-state index in [9.17, 15) is 18.0 Å². The van der Waals surface area contributed by atoms with E-state index in [-0.39, 0.29) is 24.6 Å². The second kappa shape index (κ2) is 10.5. The molecule has 1 heterocycles. The highest BCUT2D eigenvalue weighted by atomic mass is 32.1. The zero-order chi connectivity index (χ0) is 23.0. The molecule has 0 saturated heterocycles. The number of hydrogen-bond acceptors (Lipinski definition) is 6. The number of hydrazone groups is 1. The molecule has 0 fully saturated rings. The van der Waals surface area contributed by atoms with Crippen LogP contribution in [0, 0.1) is 12.3 Å². The first-order chi connectivity index (χ1) is 15.3. The van der Waals surface area contributed by atoms with Gasteiger partial charge in [0.2, 0.25) is 5.91 Å². The Hall–Kier alpha value is -3.84. The molecule has 0 unspecified atom stereocenters. The predicted molar refractivity (Wildman–Crippen MR) is 117 cm³/mol. The van der Waals surface area contributed by atoms with Crippen LogP contribution in [0.2, 0.25) is 0 Å². The van der Waals surface area contributed by atoms with Gasteiger partial charge in [0, 0.05) is 11.1 Å². The average molecular weight is 458 g/mol. The van der Waals surface area contributed by atoms with Gasteiger partial charge in [-0.2, -0.15) is 18.3 Å². The summed E-state index contributed by atoms with van der Waals surface area (Å²) in [6, 6.07) is 11.8. The minimum Gasteiger partial charge on any atom is -0.481 e. The molecule has 0 aliphatic rings. The third-order valence-corrected chi connectivity index (χ3v) is 4.75. The number of nitrogens with one attached hydrogen (secondary N) is 2. The van der Waals surface area contributed by atoms with Crippen molar-refractivity contribution >= 4 is 34.3 Å². The van der Waals surface area contributed by atoms with Gasteiger partial charge in [-0.3, -0.25) is 4.79 Å². The number of alkyl halides is 3. The zero-order valence-corrected chi connectivity index (χ0v) is 17.3. The topological polar surface area (TPSA) is 75.6 Å². The molecule has 3 rings (SSSR count). The van der Waals surface area contributed by atoms with Crippen LogP contribution in [0.1, 0.15) is 16.8 Å². The van der Waals surface area contributed by atoms with Gasteiger partial charge in [-0.1, -0.05) is 12.0 Å². The van der Waals surface area contributed by atoms with Crippen molar-refractivity contribution in [1.82, 2.24) is 10.4 Å². The molecule has 10 heteroatoms. The van der Waals surface area contributed by atoms with Gasteiger partial charge in [-0.05, 0) is 48.0 Å². The molecule has 0 saturated carbocycles. The largest absolute Gasteiger partial charge is 0.481 e. The summed E-state index contributed by atoms with van der Waals surface area (Å²) >= 11 is 1.18. The number of amides is 1. The van der Waals surface area contributed by atoms with Crippen molar-refractivity contribution in [2.75, 3.05) is 11.9 Å². The van der Waals surface area contributed by atoms with E-state index in [0.717, 1.165) is 17.7 Å². The van der Waals surface area contributed by atoms with Gasteiger partial charge in [-0.15, -0.1) is 17.8 Å². The van der Waals surface area contributed by atoms with E-state index in [1.807, 2.05) is 0 Å². The van der Waals surface area contributed by atoms with Crippen LogP contribution >= 0.6 is 11.3 Å². The highest BCUT2D eigenvalue weighted by Crippen LogP contribution is 2.31. The van der Waals surface area contributed by atoms with Gasteiger partial charge in [0.15, 0.2) is 5.13 Å². The maximum absolute atomic E-state index is 12.8. The van der Waals surface area contributed by atoms with Gasteiger partial charge in [0.05, 0.1) is 23.9 Å². The number of rotatable bonds is 8. The van der Waals surface area contributed by atoms with Crippen molar-refractivity contribution in [1.29, 1.82) is 0 Å². The monoisotopic (exact) mass is 458 g/mol. The van der Waals surface area contributed by atoms with E-state index in [4.69, 9.17) is 11.2 Å². The third kappa shape index (κ3) is 6.85. The van der Waals surface area contributed by atoms with E-state index >= 15 is 0 Å². The lowest BCUT2D eigenvalue weighted by Gasteiger charge is -2.08. The Balaban J connectivity index is 1.50. The second-order valence-electron chi connectivity index (χ2n) is 6.38. The lowest BCUT2D eigenvalue weighted by atomic mass is 10.2. The first kappa shape index (κ1) is 22.8.